The summed E-state index contributed by atoms with van der Waals surface area (Å²) in [5, 5.41) is 11.6. The van der Waals surface area contributed by atoms with Crippen LogP contribution in [0.5, 0.6) is 0 Å². The van der Waals surface area contributed by atoms with Gasteiger partial charge in [-0.2, -0.15) is 0 Å². The van der Waals surface area contributed by atoms with Crippen LogP contribution in [0, 0.1) is 0 Å². The van der Waals surface area contributed by atoms with Gasteiger partial charge in [0.15, 0.2) is 0 Å². The Kier molecular flexibility index (Phi) is 6.58. The van der Waals surface area contributed by atoms with Gasteiger partial charge in [0.25, 0.3) is 0 Å². The van der Waals surface area contributed by atoms with Crippen molar-refractivity contribution in [3.05, 3.63) is 0 Å². The lowest BCUT2D eigenvalue weighted by molar-refractivity contribution is -0.137. The van der Waals surface area contributed by atoms with E-state index < -0.39 is 5.97 Å². The van der Waals surface area contributed by atoms with Gasteiger partial charge in [0, 0.05) is 26.3 Å². The Bertz CT molecular complexity index is 310. The van der Waals surface area contributed by atoms with Crippen LogP contribution in [0.25, 0.3) is 0 Å². The van der Waals surface area contributed by atoms with Crippen LogP contribution in [-0.4, -0.2) is 67.6 Å². The van der Waals surface area contributed by atoms with Gasteiger partial charge >= 0.3 is 12.0 Å². The van der Waals surface area contributed by atoms with E-state index in [4.69, 9.17) is 14.6 Å². The molecule has 0 aromatic rings. The van der Waals surface area contributed by atoms with Crippen LogP contribution in [0.4, 0.5) is 4.79 Å². The molecular formula is C12H22N2O5. The quantitative estimate of drug-likeness (QED) is 0.727. The lowest BCUT2D eigenvalue weighted by atomic mass is 10.0. The molecule has 1 aliphatic heterocycles. The molecule has 0 aromatic carbocycles. The van der Waals surface area contributed by atoms with Crippen molar-refractivity contribution in [1.82, 2.24) is 10.2 Å². The van der Waals surface area contributed by atoms with E-state index in [2.05, 4.69) is 5.32 Å². The first-order valence-corrected chi connectivity index (χ1v) is 6.40. The number of carbonyl (C=O) groups is 2. The van der Waals surface area contributed by atoms with Gasteiger partial charge in [-0.3, -0.25) is 4.79 Å². The largest absolute Gasteiger partial charge is 0.480 e. The molecule has 0 aromatic heterocycles. The van der Waals surface area contributed by atoms with Crippen molar-refractivity contribution in [2.45, 2.75) is 31.9 Å². The zero-order valence-electron chi connectivity index (χ0n) is 11.4. The van der Waals surface area contributed by atoms with Crippen LogP contribution in [-0.2, 0) is 14.3 Å². The number of carbonyl (C=O) groups excluding carboxylic acids is 1. The summed E-state index contributed by atoms with van der Waals surface area (Å²) in [5.74, 6) is -1.04. The van der Waals surface area contributed by atoms with Gasteiger partial charge in [0.05, 0.1) is 12.7 Å². The number of methoxy groups -OCH3 is 1. The summed E-state index contributed by atoms with van der Waals surface area (Å²) in [7, 11) is 1.51. The molecule has 7 heteroatoms. The fourth-order valence-corrected chi connectivity index (χ4v) is 2.01. The number of aliphatic carboxylic acids is 1. The van der Waals surface area contributed by atoms with Gasteiger partial charge in [-0.05, 0) is 19.8 Å². The normalized spacial score (nSPS) is 22.8. The molecule has 1 rings (SSSR count). The van der Waals surface area contributed by atoms with Crippen molar-refractivity contribution < 1.29 is 24.2 Å². The zero-order valence-corrected chi connectivity index (χ0v) is 11.4. The lowest BCUT2D eigenvalue weighted by Crippen LogP contribution is -2.49. The molecule has 0 spiro atoms. The highest BCUT2D eigenvalue weighted by atomic mass is 16.5. The van der Waals surface area contributed by atoms with Gasteiger partial charge < -0.3 is 24.8 Å². The maximum Gasteiger partial charge on any atom is 0.323 e. The summed E-state index contributed by atoms with van der Waals surface area (Å²) in [6, 6.07) is -0.325. The van der Waals surface area contributed by atoms with Crippen molar-refractivity contribution in [3.63, 3.8) is 0 Å². The van der Waals surface area contributed by atoms with Crippen molar-refractivity contribution >= 4 is 12.0 Å². The van der Waals surface area contributed by atoms with Gasteiger partial charge in [-0.15, -0.1) is 0 Å². The van der Waals surface area contributed by atoms with E-state index in [0.29, 0.717) is 13.2 Å². The van der Waals surface area contributed by atoms with Gasteiger partial charge in [0.2, 0.25) is 0 Å². The average molecular weight is 274 g/mol. The molecule has 0 saturated carbocycles. The molecule has 0 radical (unpaired) electrons. The van der Waals surface area contributed by atoms with Gasteiger partial charge in [-0.1, -0.05) is 0 Å². The molecule has 2 atom stereocenters. The van der Waals surface area contributed by atoms with Crippen molar-refractivity contribution in [3.8, 4) is 0 Å². The lowest BCUT2D eigenvalue weighted by Gasteiger charge is -2.30. The van der Waals surface area contributed by atoms with Crippen LogP contribution in [0.1, 0.15) is 19.8 Å². The molecule has 1 aliphatic rings. The second-order valence-electron chi connectivity index (χ2n) is 4.66. The minimum absolute atomic E-state index is 0.0371. The van der Waals surface area contributed by atoms with Gasteiger partial charge in [-0.25, -0.2) is 4.79 Å². The van der Waals surface area contributed by atoms with E-state index in [1.165, 1.54) is 12.0 Å². The number of hydrogen-bond donors (Lipinski definition) is 2. The molecule has 2 unspecified atom stereocenters. The van der Waals surface area contributed by atoms with E-state index in [1.54, 1.807) is 0 Å². The second kappa shape index (κ2) is 7.96. The molecule has 0 bridgehead atoms. The summed E-state index contributed by atoms with van der Waals surface area (Å²) in [6.07, 6.45) is 1.61. The minimum atomic E-state index is -1.04. The molecule has 2 N–H and O–H groups in total. The number of ether oxygens (including phenoxy) is 2. The summed E-state index contributed by atoms with van der Waals surface area (Å²) < 4.78 is 10.3. The average Bonchev–Trinajstić information content (AvgIpc) is 2.34. The Labute approximate surface area is 112 Å². The highest BCUT2D eigenvalue weighted by Gasteiger charge is 2.24. The van der Waals surface area contributed by atoms with Crippen LogP contribution in [0.3, 0.4) is 0 Å². The molecule has 1 saturated heterocycles. The summed E-state index contributed by atoms with van der Waals surface area (Å²) in [6.45, 7) is 2.81. The Morgan fingerprint density at radius 2 is 2.26 bits per heavy atom. The van der Waals surface area contributed by atoms with Crippen LogP contribution in [0.15, 0.2) is 0 Å². The topological polar surface area (TPSA) is 88.1 Å². The standard InChI is InChI=1S/C12H22N2O5/c1-9-7-10(3-5-19-9)13-12(17)14(4-6-18-2)8-11(15)16/h9-10H,3-8H2,1-2H3,(H,13,17)(H,15,16). The third kappa shape index (κ3) is 5.89. The van der Waals surface area contributed by atoms with Crippen molar-refractivity contribution in [2.75, 3.05) is 33.4 Å². The summed E-state index contributed by atoms with van der Waals surface area (Å²) in [4.78, 5) is 24.0. The third-order valence-electron chi connectivity index (χ3n) is 2.99. The summed E-state index contributed by atoms with van der Waals surface area (Å²) >= 11 is 0. The number of amides is 2. The number of hydrogen-bond acceptors (Lipinski definition) is 4. The molecule has 0 aliphatic carbocycles. The maximum absolute atomic E-state index is 12.0. The predicted octanol–water partition coefficient (Wildman–Crippen LogP) is 0.297. The molecular weight excluding hydrogens is 252 g/mol. The number of nitrogens with one attached hydrogen (secondary N) is 1. The van der Waals surface area contributed by atoms with E-state index in [1.807, 2.05) is 6.92 Å². The fraction of sp³-hybridized carbons (Fsp3) is 0.833. The monoisotopic (exact) mass is 274 g/mol. The highest BCUT2D eigenvalue weighted by Crippen LogP contribution is 2.13. The number of rotatable bonds is 6. The first-order chi connectivity index (χ1) is 9.02. The van der Waals surface area contributed by atoms with Crippen LogP contribution >= 0.6 is 0 Å². The van der Waals surface area contributed by atoms with E-state index >= 15 is 0 Å². The van der Waals surface area contributed by atoms with Crippen molar-refractivity contribution in [2.24, 2.45) is 0 Å². The Hall–Kier alpha value is -1.34. The first-order valence-electron chi connectivity index (χ1n) is 6.40. The SMILES string of the molecule is COCCN(CC(=O)O)C(=O)NC1CCOC(C)C1. The van der Waals surface area contributed by atoms with Crippen molar-refractivity contribution in [1.29, 1.82) is 0 Å². The van der Waals surface area contributed by atoms with Gasteiger partial charge in [0.1, 0.15) is 6.54 Å². The molecule has 110 valence electrons. The molecule has 7 nitrogen and oxygen atoms in total. The Morgan fingerprint density at radius 1 is 1.53 bits per heavy atom. The maximum atomic E-state index is 12.0. The third-order valence-corrected chi connectivity index (χ3v) is 2.99. The second-order valence-corrected chi connectivity index (χ2v) is 4.66. The Morgan fingerprint density at radius 3 is 2.84 bits per heavy atom. The van der Waals surface area contributed by atoms with Crippen LogP contribution in [0.2, 0.25) is 0 Å². The molecule has 1 fully saturated rings. The van der Waals surface area contributed by atoms with E-state index in [-0.39, 0.29) is 31.3 Å². The number of nitrogens with zero attached hydrogens (tertiary/aromatic N) is 1. The van der Waals surface area contributed by atoms with Crippen LogP contribution < -0.4 is 5.32 Å². The minimum Gasteiger partial charge on any atom is -0.480 e. The highest BCUT2D eigenvalue weighted by molar-refractivity contribution is 5.80. The summed E-state index contributed by atoms with van der Waals surface area (Å²) in [5.41, 5.74) is 0. The Balaban J connectivity index is 2.47. The molecule has 1 heterocycles. The number of carboxylic acids is 1. The zero-order chi connectivity index (χ0) is 14.3. The van der Waals surface area contributed by atoms with E-state index in [9.17, 15) is 9.59 Å². The first kappa shape index (κ1) is 15.7. The fourth-order valence-electron chi connectivity index (χ4n) is 2.01. The van der Waals surface area contributed by atoms with E-state index in [0.717, 1.165) is 12.8 Å². The molecule has 2 amide bonds. The smallest absolute Gasteiger partial charge is 0.323 e. The number of urea groups is 1. The number of carboxylic acid groups (broad SMARTS) is 1. The molecule has 19 heavy (non-hydrogen) atoms. The predicted molar refractivity (Wildman–Crippen MR) is 68.1 cm³/mol.